The molecule has 2 aromatic rings. The van der Waals surface area contributed by atoms with Crippen molar-refractivity contribution < 1.29 is 9.13 Å². The van der Waals surface area contributed by atoms with E-state index in [1.54, 1.807) is 18.3 Å². The van der Waals surface area contributed by atoms with Gasteiger partial charge in [0.05, 0.1) is 6.61 Å². The molecule has 1 aromatic carbocycles. The quantitative estimate of drug-likeness (QED) is 0.840. The van der Waals surface area contributed by atoms with Crippen molar-refractivity contribution in [1.82, 2.24) is 4.98 Å². The standard InChI is InChI=1S/C16H17FN2O/c1-12-10-13(6-7-18-12)19-8-9-20-16(11-19)14-4-2-3-5-15(14)17/h2-7,10,16H,8-9,11H2,1H3/t16-/m0/s1. The number of anilines is 1. The van der Waals surface area contributed by atoms with Gasteiger partial charge in [0.1, 0.15) is 11.9 Å². The third kappa shape index (κ3) is 2.65. The molecule has 0 bridgehead atoms. The number of nitrogens with zero attached hydrogens (tertiary/aromatic N) is 2. The average Bonchev–Trinajstić information content (AvgIpc) is 2.48. The molecule has 1 atom stereocenters. The molecule has 0 radical (unpaired) electrons. The smallest absolute Gasteiger partial charge is 0.129 e. The molecule has 0 spiro atoms. The van der Waals surface area contributed by atoms with Gasteiger partial charge in [0.25, 0.3) is 0 Å². The first-order chi connectivity index (χ1) is 9.74. The van der Waals surface area contributed by atoms with Crippen LogP contribution < -0.4 is 4.90 Å². The van der Waals surface area contributed by atoms with Gasteiger partial charge in [-0.3, -0.25) is 4.98 Å². The summed E-state index contributed by atoms with van der Waals surface area (Å²) in [6.07, 6.45) is 1.58. The highest BCUT2D eigenvalue weighted by molar-refractivity contribution is 5.47. The third-order valence-corrected chi connectivity index (χ3v) is 3.56. The second-order valence-electron chi connectivity index (χ2n) is 4.98. The van der Waals surface area contributed by atoms with Gasteiger partial charge in [-0.1, -0.05) is 18.2 Å². The lowest BCUT2D eigenvalue weighted by Crippen LogP contribution is -2.38. The van der Waals surface area contributed by atoms with Crippen molar-refractivity contribution in [3.8, 4) is 0 Å². The van der Waals surface area contributed by atoms with Crippen molar-refractivity contribution in [2.75, 3.05) is 24.6 Å². The number of hydrogen-bond acceptors (Lipinski definition) is 3. The van der Waals surface area contributed by atoms with Gasteiger partial charge in [0.15, 0.2) is 0 Å². The lowest BCUT2D eigenvalue weighted by atomic mass is 10.1. The Kier molecular flexibility index (Phi) is 3.65. The fourth-order valence-electron chi connectivity index (χ4n) is 2.54. The number of halogens is 1. The molecule has 1 saturated heterocycles. The number of aryl methyl sites for hydroxylation is 1. The maximum atomic E-state index is 13.9. The lowest BCUT2D eigenvalue weighted by Gasteiger charge is -2.34. The van der Waals surface area contributed by atoms with Crippen molar-refractivity contribution in [1.29, 1.82) is 0 Å². The highest BCUT2D eigenvalue weighted by atomic mass is 19.1. The van der Waals surface area contributed by atoms with Crippen molar-refractivity contribution >= 4 is 5.69 Å². The summed E-state index contributed by atoms with van der Waals surface area (Å²) in [7, 11) is 0. The van der Waals surface area contributed by atoms with Gasteiger partial charge in [0.2, 0.25) is 0 Å². The van der Waals surface area contributed by atoms with Crippen molar-refractivity contribution in [2.45, 2.75) is 13.0 Å². The van der Waals surface area contributed by atoms with Crippen LogP contribution in [0.15, 0.2) is 42.6 Å². The van der Waals surface area contributed by atoms with Gasteiger partial charge >= 0.3 is 0 Å². The van der Waals surface area contributed by atoms with E-state index in [2.05, 4.69) is 9.88 Å². The Morgan fingerprint density at radius 3 is 2.95 bits per heavy atom. The van der Waals surface area contributed by atoms with E-state index in [-0.39, 0.29) is 11.9 Å². The van der Waals surface area contributed by atoms with E-state index in [1.807, 2.05) is 25.1 Å². The first kappa shape index (κ1) is 13.1. The molecular weight excluding hydrogens is 255 g/mol. The molecule has 2 heterocycles. The van der Waals surface area contributed by atoms with Crippen LogP contribution >= 0.6 is 0 Å². The summed E-state index contributed by atoms with van der Waals surface area (Å²) in [5, 5.41) is 0. The van der Waals surface area contributed by atoms with E-state index in [4.69, 9.17) is 4.74 Å². The maximum Gasteiger partial charge on any atom is 0.129 e. The van der Waals surface area contributed by atoms with Crippen LogP contribution in [0.3, 0.4) is 0 Å². The van der Waals surface area contributed by atoms with Crippen molar-refractivity contribution in [3.05, 3.63) is 59.7 Å². The Labute approximate surface area is 118 Å². The number of benzene rings is 1. The number of rotatable bonds is 2. The summed E-state index contributed by atoms with van der Waals surface area (Å²) < 4.78 is 19.6. The second-order valence-corrected chi connectivity index (χ2v) is 4.98. The summed E-state index contributed by atoms with van der Waals surface area (Å²) >= 11 is 0. The molecule has 20 heavy (non-hydrogen) atoms. The molecule has 0 amide bonds. The normalized spacial score (nSPS) is 19.1. The molecule has 3 rings (SSSR count). The molecule has 104 valence electrons. The van der Waals surface area contributed by atoms with E-state index >= 15 is 0 Å². The Bertz CT molecular complexity index is 603. The van der Waals surface area contributed by atoms with Crippen LogP contribution in [0.5, 0.6) is 0 Å². The number of ether oxygens (including phenoxy) is 1. The monoisotopic (exact) mass is 272 g/mol. The number of aromatic nitrogens is 1. The molecule has 0 N–H and O–H groups in total. The predicted molar refractivity (Wildman–Crippen MR) is 76.3 cm³/mol. The second kappa shape index (κ2) is 5.59. The van der Waals surface area contributed by atoms with E-state index in [9.17, 15) is 4.39 Å². The SMILES string of the molecule is Cc1cc(N2CCO[C@H](c3ccccc3F)C2)ccn1. The lowest BCUT2D eigenvalue weighted by molar-refractivity contribution is 0.0375. The van der Waals surface area contributed by atoms with E-state index in [1.165, 1.54) is 6.07 Å². The van der Waals surface area contributed by atoms with Crippen LogP contribution in [0, 0.1) is 12.7 Å². The maximum absolute atomic E-state index is 13.9. The van der Waals surface area contributed by atoms with Crippen LogP contribution in [-0.2, 0) is 4.74 Å². The van der Waals surface area contributed by atoms with Crippen molar-refractivity contribution in [2.24, 2.45) is 0 Å². The zero-order chi connectivity index (χ0) is 13.9. The first-order valence-corrected chi connectivity index (χ1v) is 6.77. The fraction of sp³-hybridized carbons (Fsp3) is 0.312. The van der Waals surface area contributed by atoms with E-state index < -0.39 is 0 Å². The molecule has 3 nitrogen and oxygen atoms in total. The molecule has 1 aromatic heterocycles. The molecule has 0 aliphatic carbocycles. The summed E-state index contributed by atoms with van der Waals surface area (Å²) in [4.78, 5) is 6.43. The van der Waals surface area contributed by atoms with Crippen LogP contribution in [0.1, 0.15) is 17.4 Å². The highest BCUT2D eigenvalue weighted by Crippen LogP contribution is 2.27. The van der Waals surface area contributed by atoms with E-state index in [0.717, 1.165) is 17.9 Å². The van der Waals surface area contributed by atoms with Gasteiger partial charge in [-0.15, -0.1) is 0 Å². The molecule has 0 unspecified atom stereocenters. The topological polar surface area (TPSA) is 25.4 Å². The molecular formula is C16H17FN2O. The third-order valence-electron chi connectivity index (χ3n) is 3.56. The number of morpholine rings is 1. The van der Waals surface area contributed by atoms with Gasteiger partial charge in [-0.05, 0) is 25.1 Å². The minimum absolute atomic E-state index is 0.203. The summed E-state index contributed by atoms with van der Waals surface area (Å²) in [5.74, 6) is -0.203. The summed E-state index contributed by atoms with van der Waals surface area (Å²) in [5.41, 5.74) is 2.72. The van der Waals surface area contributed by atoms with Gasteiger partial charge < -0.3 is 9.64 Å². The molecule has 1 aliphatic rings. The van der Waals surface area contributed by atoms with Gasteiger partial charge in [-0.25, -0.2) is 4.39 Å². The average molecular weight is 272 g/mol. The minimum Gasteiger partial charge on any atom is -0.370 e. The van der Waals surface area contributed by atoms with Crippen LogP contribution in [0.25, 0.3) is 0 Å². The van der Waals surface area contributed by atoms with Gasteiger partial charge in [0, 0.05) is 36.2 Å². The number of hydrogen-bond donors (Lipinski definition) is 0. The van der Waals surface area contributed by atoms with E-state index in [0.29, 0.717) is 18.7 Å². The molecule has 1 aliphatic heterocycles. The Balaban J connectivity index is 1.82. The number of pyridine rings is 1. The summed E-state index contributed by atoms with van der Waals surface area (Å²) in [6, 6.07) is 10.8. The minimum atomic E-state index is -0.224. The fourth-order valence-corrected chi connectivity index (χ4v) is 2.54. The first-order valence-electron chi connectivity index (χ1n) is 6.77. The molecule has 4 heteroatoms. The Morgan fingerprint density at radius 1 is 1.30 bits per heavy atom. The van der Waals surface area contributed by atoms with Crippen LogP contribution in [0.4, 0.5) is 10.1 Å². The highest BCUT2D eigenvalue weighted by Gasteiger charge is 2.24. The predicted octanol–water partition coefficient (Wildman–Crippen LogP) is 3.11. The van der Waals surface area contributed by atoms with Gasteiger partial charge in [-0.2, -0.15) is 0 Å². The van der Waals surface area contributed by atoms with Crippen molar-refractivity contribution in [3.63, 3.8) is 0 Å². The Morgan fingerprint density at radius 2 is 2.15 bits per heavy atom. The summed E-state index contributed by atoms with van der Waals surface area (Å²) in [6.45, 7) is 4.04. The van der Waals surface area contributed by atoms with Crippen LogP contribution in [-0.4, -0.2) is 24.7 Å². The molecule has 1 fully saturated rings. The zero-order valence-corrected chi connectivity index (χ0v) is 11.4. The Hall–Kier alpha value is -1.94. The van der Waals surface area contributed by atoms with Crippen LogP contribution in [0.2, 0.25) is 0 Å². The largest absolute Gasteiger partial charge is 0.370 e. The molecule has 0 saturated carbocycles. The zero-order valence-electron chi connectivity index (χ0n) is 11.4.